The maximum absolute atomic E-state index is 12.7. The summed E-state index contributed by atoms with van der Waals surface area (Å²) in [5, 5.41) is 5.68. The number of nitrogens with one attached hydrogen (secondary N) is 2. The number of nitrogens with zero attached hydrogens (tertiary/aromatic N) is 1. The van der Waals surface area contributed by atoms with E-state index >= 15 is 0 Å². The van der Waals surface area contributed by atoms with Crippen LogP contribution in [0.4, 0.5) is 17.1 Å². The molecule has 0 spiro atoms. The van der Waals surface area contributed by atoms with E-state index in [1.807, 2.05) is 0 Å². The predicted octanol–water partition coefficient (Wildman–Crippen LogP) is 4.90. The summed E-state index contributed by atoms with van der Waals surface area (Å²) in [5.74, 6) is -0.177. The summed E-state index contributed by atoms with van der Waals surface area (Å²) in [7, 11) is 0. The van der Waals surface area contributed by atoms with E-state index in [2.05, 4.69) is 61.4 Å². The Labute approximate surface area is 168 Å². The minimum atomic E-state index is -0.119. The molecule has 5 nitrogen and oxygen atoms in total. The molecule has 28 heavy (non-hydrogen) atoms. The fourth-order valence-corrected chi connectivity index (χ4v) is 3.26. The van der Waals surface area contributed by atoms with Crippen molar-refractivity contribution in [3.05, 3.63) is 53.6 Å². The van der Waals surface area contributed by atoms with Crippen molar-refractivity contribution in [2.24, 2.45) is 0 Å². The first kappa shape index (κ1) is 21.5. The summed E-state index contributed by atoms with van der Waals surface area (Å²) in [6.45, 7) is 10.3. The maximum Gasteiger partial charge on any atom is 0.243 e. The van der Waals surface area contributed by atoms with Gasteiger partial charge in [0.25, 0.3) is 0 Å². The molecule has 150 valence electrons. The lowest BCUT2D eigenvalue weighted by atomic mass is 10.1. The average Bonchev–Trinajstić information content (AvgIpc) is 2.65. The van der Waals surface area contributed by atoms with Crippen molar-refractivity contribution in [2.45, 2.75) is 53.5 Å². The zero-order chi connectivity index (χ0) is 20.7. The van der Waals surface area contributed by atoms with E-state index in [0.29, 0.717) is 24.0 Å². The Balaban J connectivity index is 2.13. The molecule has 2 amide bonds. The van der Waals surface area contributed by atoms with Crippen LogP contribution in [0, 0.1) is 13.8 Å². The summed E-state index contributed by atoms with van der Waals surface area (Å²) in [6.07, 6.45) is 1.95. The quantitative estimate of drug-likeness (QED) is 0.684. The van der Waals surface area contributed by atoms with Crippen molar-refractivity contribution < 1.29 is 9.59 Å². The maximum atomic E-state index is 12.7. The smallest absolute Gasteiger partial charge is 0.243 e. The van der Waals surface area contributed by atoms with Crippen LogP contribution in [-0.4, -0.2) is 24.4 Å². The van der Waals surface area contributed by atoms with Crippen LogP contribution >= 0.6 is 0 Å². The molecule has 0 heterocycles. The van der Waals surface area contributed by atoms with Gasteiger partial charge in [0.1, 0.15) is 0 Å². The monoisotopic (exact) mass is 381 g/mol. The molecule has 5 heteroatoms. The Morgan fingerprint density at radius 1 is 0.893 bits per heavy atom. The van der Waals surface area contributed by atoms with Gasteiger partial charge in [0.05, 0.1) is 6.54 Å². The molecule has 0 aromatic heterocycles. The van der Waals surface area contributed by atoms with E-state index in [9.17, 15) is 9.59 Å². The zero-order valence-corrected chi connectivity index (χ0v) is 17.5. The van der Waals surface area contributed by atoms with E-state index in [1.165, 1.54) is 18.1 Å². The largest absolute Gasteiger partial charge is 0.359 e. The van der Waals surface area contributed by atoms with Crippen LogP contribution in [0.1, 0.15) is 44.7 Å². The molecular weight excluding hydrogens is 350 g/mol. The van der Waals surface area contributed by atoms with E-state index in [4.69, 9.17) is 0 Å². The number of anilines is 3. The minimum Gasteiger partial charge on any atom is -0.359 e. The minimum absolute atomic E-state index is 0.0580. The Bertz CT molecular complexity index is 811. The van der Waals surface area contributed by atoms with Crippen LogP contribution in [0.3, 0.4) is 0 Å². The molecule has 0 aliphatic carbocycles. The van der Waals surface area contributed by atoms with Crippen LogP contribution in [0.2, 0.25) is 0 Å². The van der Waals surface area contributed by atoms with Crippen molar-refractivity contribution in [1.29, 1.82) is 0 Å². The zero-order valence-electron chi connectivity index (χ0n) is 17.5. The molecule has 0 bridgehead atoms. The normalized spacial score (nSPS) is 10.6. The van der Waals surface area contributed by atoms with E-state index in [1.54, 1.807) is 24.3 Å². The average molecular weight is 382 g/mol. The number of amides is 2. The van der Waals surface area contributed by atoms with Gasteiger partial charge < -0.3 is 15.5 Å². The molecule has 2 rings (SSSR count). The lowest BCUT2D eigenvalue weighted by Crippen LogP contribution is -2.40. The number of aryl methyl sites for hydroxylation is 2. The first-order chi connectivity index (χ1) is 13.3. The second-order valence-corrected chi connectivity index (χ2v) is 7.17. The van der Waals surface area contributed by atoms with Gasteiger partial charge in [-0.3, -0.25) is 9.59 Å². The van der Waals surface area contributed by atoms with Crippen molar-refractivity contribution >= 4 is 28.9 Å². The molecule has 2 N–H and O–H groups in total. The van der Waals surface area contributed by atoms with Gasteiger partial charge in [0.15, 0.2) is 0 Å². The third-order valence-electron chi connectivity index (χ3n) is 5.01. The Morgan fingerprint density at radius 3 is 1.96 bits per heavy atom. The molecule has 0 saturated heterocycles. The third kappa shape index (κ3) is 5.84. The Morgan fingerprint density at radius 2 is 1.46 bits per heavy atom. The van der Waals surface area contributed by atoms with Gasteiger partial charge in [0.2, 0.25) is 11.8 Å². The second kappa shape index (κ2) is 9.93. The van der Waals surface area contributed by atoms with Crippen molar-refractivity contribution in [3.63, 3.8) is 0 Å². The van der Waals surface area contributed by atoms with Gasteiger partial charge in [-0.15, -0.1) is 0 Å². The van der Waals surface area contributed by atoms with Gasteiger partial charge in [0, 0.05) is 30.0 Å². The van der Waals surface area contributed by atoms with Crippen LogP contribution in [0.25, 0.3) is 0 Å². The van der Waals surface area contributed by atoms with Gasteiger partial charge in [-0.2, -0.15) is 0 Å². The van der Waals surface area contributed by atoms with Gasteiger partial charge in [-0.1, -0.05) is 19.9 Å². The fourth-order valence-electron chi connectivity index (χ4n) is 3.26. The number of benzene rings is 2. The summed E-state index contributed by atoms with van der Waals surface area (Å²) in [5.41, 5.74) is 4.97. The molecule has 2 aromatic rings. The van der Waals surface area contributed by atoms with Crippen LogP contribution < -0.4 is 15.5 Å². The molecule has 0 aliphatic rings. The van der Waals surface area contributed by atoms with Gasteiger partial charge >= 0.3 is 0 Å². The molecule has 0 radical (unpaired) electrons. The fraction of sp³-hybridized carbons (Fsp3) is 0.391. The lowest BCUT2D eigenvalue weighted by molar-refractivity contribution is -0.115. The number of carbonyl (C=O) groups is 2. The molecule has 0 atom stereocenters. The van der Waals surface area contributed by atoms with Gasteiger partial charge in [-0.05, 0) is 74.2 Å². The summed E-state index contributed by atoms with van der Waals surface area (Å²) in [4.78, 5) is 26.0. The highest BCUT2D eigenvalue weighted by atomic mass is 16.2. The number of hydrogen-bond acceptors (Lipinski definition) is 3. The number of rotatable bonds is 8. The first-order valence-corrected chi connectivity index (χ1v) is 9.85. The van der Waals surface area contributed by atoms with Crippen molar-refractivity contribution in [1.82, 2.24) is 0 Å². The van der Waals surface area contributed by atoms with Crippen molar-refractivity contribution in [3.8, 4) is 0 Å². The first-order valence-electron chi connectivity index (χ1n) is 9.85. The highest BCUT2D eigenvalue weighted by molar-refractivity contribution is 5.95. The van der Waals surface area contributed by atoms with Crippen LogP contribution in [0.5, 0.6) is 0 Å². The molecular formula is C23H31N3O2. The molecule has 0 fully saturated rings. The van der Waals surface area contributed by atoms with E-state index in [-0.39, 0.29) is 11.8 Å². The highest BCUT2D eigenvalue weighted by Gasteiger charge is 2.19. The summed E-state index contributed by atoms with van der Waals surface area (Å²) < 4.78 is 0. The van der Waals surface area contributed by atoms with Crippen LogP contribution in [0.15, 0.2) is 42.5 Å². The highest BCUT2D eigenvalue weighted by Crippen LogP contribution is 2.23. The van der Waals surface area contributed by atoms with Gasteiger partial charge in [-0.25, -0.2) is 0 Å². The van der Waals surface area contributed by atoms with E-state index < -0.39 is 0 Å². The Kier molecular flexibility index (Phi) is 7.61. The standard InChI is InChI=1S/C23H31N3O2/c1-6-21(7-2)26(22-13-8-16(3)17(4)14-22)15-23(28)25-20-11-9-19(10-12-20)24-18(5)27/h8-14,21H,6-7,15H2,1-5H3,(H,24,27)(H,25,28). The summed E-state index contributed by atoms with van der Waals surface area (Å²) in [6, 6.07) is 13.8. The topological polar surface area (TPSA) is 61.4 Å². The predicted molar refractivity (Wildman–Crippen MR) is 117 cm³/mol. The lowest BCUT2D eigenvalue weighted by Gasteiger charge is -2.32. The number of carbonyl (C=O) groups excluding carboxylic acids is 2. The molecule has 0 saturated carbocycles. The number of hydrogen-bond donors (Lipinski definition) is 2. The Hall–Kier alpha value is -2.82. The molecule has 0 aliphatic heterocycles. The van der Waals surface area contributed by atoms with E-state index in [0.717, 1.165) is 18.5 Å². The van der Waals surface area contributed by atoms with Crippen molar-refractivity contribution in [2.75, 3.05) is 22.1 Å². The molecule has 0 unspecified atom stereocenters. The van der Waals surface area contributed by atoms with Crippen LogP contribution in [-0.2, 0) is 9.59 Å². The summed E-state index contributed by atoms with van der Waals surface area (Å²) >= 11 is 0. The third-order valence-corrected chi connectivity index (χ3v) is 5.01. The molecule has 2 aromatic carbocycles. The SMILES string of the molecule is CCC(CC)N(CC(=O)Nc1ccc(NC(C)=O)cc1)c1ccc(C)c(C)c1. The second-order valence-electron chi connectivity index (χ2n) is 7.17.